The first-order valence-corrected chi connectivity index (χ1v) is 6.65. The van der Waals surface area contributed by atoms with Gasteiger partial charge in [-0.05, 0) is 33.1 Å². The zero-order valence-corrected chi connectivity index (χ0v) is 12.1. The molecule has 1 aliphatic heterocycles. The second-order valence-corrected chi connectivity index (χ2v) is 6.42. The summed E-state index contributed by atoms with van der Waals surface area (Å²) in [6.45, 7) is 12.7. The molecule has 1 aromatic heterocycles. The number of hydrogen-bond acceptors (Lipinski definition) is 1. The lowest BCUT2D eigenvalue weighted by Gasteiger charge is -2.27. The van der Waals surface area contributed by atoms with Crippen molar-refractivity contribution in [1.29, 1.82) is 0 Å². The van der Waals surface area contributed by atoms with Gasteiger partial charge in [0.15, 0.2) is 0 Å². The second kappa shape index (κ2) is 4.04. The molecule has 2 rings (SSSR count). The SMILES string of the molecule is Cc1cc[n+](C)n1N1CC(C(C)C)CC1(C)C. The Hall–Kier alpha value is -0.990. The minimum atomic E-state index is 0.247. The maximum atomic E-state index is 2.52. The van der Waals surface area contributed by atoms with E-state index < -0.39 is 0 Å². The van der Waals surface area contributed by atoms with E-state index in [0.29, 0.717) is 0 Å². The Bertz CT molecular complexity index is 384. The molecule has 0 bridgehead atoms. The van der Waals surface area contributed by atoms with Gasteiger partial charge in [-0.1, -0.05) is 18.6 Å². The van der Waals surface area contributed by atoms with E-state index in [1.54, 1.807) is 0 Å². The molecule has 1 saturated heterocycles. The lowest BCUT2D eigenvalue weighted by Crippen LogP contribution is -2.57. The minimum Gasteiger partial charge on any atom is -0.185 e. The zero-order valence-electron chi connectivity index (χ0n) is 12.1. The molecule has 0 N–H and O–H groups in total. The fourth-order valence-electron chi connectivity index (χ4n) is 3.02. The van der Waals surface area contributed by atoms with E-state index in [9.17, 15) is 0 Å². The molecule has 0 spiro atoms. The first-order valence-electron chi connectivity index (χ1n) is 6.65. The van der Waals surface area contributed by atoms with Crippen molar-refractivity contribution in [3.05, 3.63) is 18.0 Å². The number of hydrogen-bond donors (Lipinski definition) is 0. The summed E-state index contributed by atoms with van der Waals surface area (Å²) in [5.74, 6) is 1.56. The average molecular weight is 236 g/mol. The molecule has 0 aromatic carbocycles. The maximum absolute atomic E-state index is 2.52. The monoisotopic (exact) mass is 236 g/mol. The van der Waals surface area contributed by atoms with E-state index in [1.807, 2.05) is 0 Å². The van der Waals surface area contributed by atoms with E-state index in [-0.39, 0.29) is 5.54 Å². The van der Waals surface area contributed by atoms with Crippen LogP contribution in [0.2, 0.25) is 0 Å². The molecule has 1 atom stereocenters. The highest BCUT2D eigenvalue weighted by molar-refractivity contribution is 5.11. The highest BCUT2D eigenvalue weighted by Gasteiger charge is 2.46. The molecule has 17 heavy (non-hydrogen) atoms. The van der Waals surface area contributed by atoms with Crippen molar-refractivity contribution < 1.29 is 4.68 Å². The van der Waals surface area contributed by atoms with Crippen LogP contribution in [0.1, 0.15) is 39.8 Å². The van der Waals surface area contributed by atoms with Gasteiger partial charge in [-0.15, -0.1) is 0 Å². The van der Waals surface area contributed by atoms with Crippen molar-refractivity contribution >= 4 is 0 Å². The Labute approximate surface area is 105 Å². The number of rotatable bonds is 2. The minimum absolute atomic E-state index is 0.247. The van der Waals surface area contributed by atoms with Crippen LogP contribution in [0.25, 0.3) is 0 Å². The van der Waals surface area contributed by atoms with E-state index in [1.165, 1.54) is 12.1 Å². The lowest BCUT2D eigenvalue weighted by molar-refractivity contribution is -0.754. The molecule has 0 aliphatic carbocycles. The molecular weight excluding hydrogens is 210 g/mol. The second-order valence-electron chi connectivity index (χ2n) is 6.42. The predicted molar refractivity (Wildman–Crippen MR) is 70.5 cm³/mol. The van der Waals surface area contributed by atoms with Gasteiger partial charge in [0.05, 0.1) is 0 Å². The quantitative estimate of drug-likeness (QED) is 0.715. The first kappa shape index (κ1) is 12.5. The third-order valence-corrected chi connectivity index (χ3v) is 4.19. The Kier molecular flexibility index (Phi) is 2.96. The zero-order chi connectivity index (χ0) is 12.8. The lowest BCUT2D eigenvalue weighted by atomic mass is 9.89. The third-order valence-electron chi connectivity index (χ3n) is 4.19. The van der Waals surface area contributed by atoms with Crippen LogP contribution < -0.4 is 9.69 Å². The van der Waals surface area contributed by atoms with Gasteiger partial charge in [-0.25, -0.2) is 0 Å². The molecule has 0 radical (unpaired) electrons. The molecule has 0 saturated carbocycles. The topological polar surface area (TPSA) is 12.0 Å². The van der Waals surface area contributed by atoms with Crippen LogP contribution in [0.15, 0.2) is 12.3 Å². The summed E-state index contributed by atoms with van der Waals surface area (Å²) in [5.41, 5.74) is 1.56. The van der Waals surface area contributed by atoms with Gasteiger partial charge >= 0.3 is 0 Å². The van der Waals surface area contributed by atoms with E-state index in [0.717, 1.165) is 18.4 Å². The number of aryl methyl sites for hydroxylation is 2. The summed E-state index contributed by atoms with van der Waals surface area (Å²) >= 11 is 0. The Morgan fingerprint density at radius 2 is 2.06 bits per heavy atom. The Balaban J connectivity index is 2.33. The summed E-state index contributed by atoms with van der Waals surface area (Å²) in [6, 6.07) is 2.18. The van der Waals surface area contributed by atoms with Gasteiger partial charge in [0.1, 0.15) is 31.0 Å². The van der Waals surface area contributed by atoms with Crippen LogP contribution in [0.4, 0.5) is 0 Å². The summed E-state index contributed by atoms with van der Waals surface area (Å²) in [5, 5.41) is 2.52. The molecule has 1 fully saturated rings. The van der Waals surface area contributed by atoms with Gasteiger partial charge in [0.2, 0.25) is 0 Å². The van der Waals surface area contributed by atoms with Crippen molar-refractivity contribution in [3.8, 4) is 0 Å². The fraction of sp³-hybridized carbons (Fsp3) is 0.786. The molecule has 1 aliphatic rings. The van der Waals surface area contributed by atoms with Crippen LogP contribution in [0, 0.1) is 18.8 Å². The normalized spacial score (nSPS) is 23.7. The van der Waals surface area contributed by atoms with E-state index in [4.69, 9.17) is 0 Å². The number of aromatic nitrogens is 2. The smallest absolute Gasteiger partial charge is 0.120 e. The number of nitrogens with zero attached hydrogens (tertiary/aromatic N) is 3. The van der Waals surface area contributed by atoms with Crippen molar-refractivity contribution in [2.75, 3.05) is 11.6 Å². The van der Waals surface area contributed by atoms with Crippen LogP contribution in [-0.2, 0) is 7.05 Å². The summed E-state index contributed by atoms with van der Waals surface area (Å²) in [4.78, 5) is 2.32. The largest absolute Gasteiger partial charge is 0.185 e. The van der Waals surface area contributed by atoms with E-state index in [2.05, 4.69) is 68.4 Å². The first-order chi connectivity index (χ1) is 7.83. The molecule has 3 heteroatoms. The van der Waals surface area contributed by atoms with Gasteiger partial charge in [0.25, 0.3) is 0 Å². The Morgan fingerprint density at radius 1 is 1.41 bits per heavy atom. The van der Waals surface area contributed by atoms with Crippen molar-refractivity contribution in [3.63, 3.8) is 0 Å². The summed E-state index contributed by atoms with van der Waals surface area (Å²) in [7, 11) is 2.12. The van der Waals surface area contributed by atoms with E-state index >= 15 is 0 Å². The van der Waals surface area contributed by atoms with Crippen molar-refractivity contribution in [1.82, 2.24) is 4.79 Å². The average Bonchev–Trinajstić information content (AvgIpc) is 2.68. The summed E-state index contributed by atoms with van der Waals surface area (Å²) in [6.07, 6.45) is 3.41. The molecule has 0 amide bonds. The molecule has 1 unspecified atom stereocenters. The third kappa shape index (κ3) is 2.07. The highest BCUT2D eigenvalue weighted by Crippen LogP contribution is 2.34. The molecule has 3 nitrogen and oxygen atoms in total. The molecule has 2 heterocycles. The molecular formula is C14H26N3+. The standard InChI is InChI=1S/C14H26N3/c1-11(2)13-9-14(4,5)16(10-13)17-12(3)7-8-15(17)6/h7-8,11,13H,9-10H2,1-6H3/q+1. The predicted octanol–water partition coefficient (Wildman–Crippen LogP) is 2.01. The van der Waals surface area contributed by atoms with Crippen molar-refractivity contribution in [2.24, 2.45) is 18.9 Å². The Morgan fingerprint density at radius 3 is 2.47 bits per heavy atom. The van der Waals surface area contributed by atoms with Gasteiger partial charge < -0.3 is 0 Å². The van der Waals surface area contributed by atoms with Crippen molar-refractivity contribution in [2.45, 2.75) is 46.6 Å². The fourth-order valence-corrected chi connectivity index (χ4v) is 3.02. The van der Waals surface area contributed by atoms with Gasteiger partial charge in [-0.3, -0.25) is 0 Å². The van der Waals surface area contributed by atoms with Crippen LogP contribution >= 0.6 is 0 Å². The highest BCUT2D eigenvalue weighted by atomic mass is 15.7. The molecule has 1 aromatic rings. The van der Waals surface area contributed by atoms with Gasteiger partial charge in [0, 0.05) is 12.0 Å². The maximum Gasteiger partial charge on any atom is 0.120 e. The van der Waals surface area contributed by atoms with Crippen LogP contribution in [0.3, 0.4) is 0 Å². The van der Waals surface area contributed by atoms with Crippen LogP contribution in [0.5, 0.6) is 0 Å². The summed E-state index contributed by atoms with van der Waals surface area (Å²) < 4.78 is 2.18. The molecule has 96 valence electrons. The van der Waals surface area contributed by atoms with Gasteiger partial charge in [-0.2, -0.15) is 9.69 Å². The van der Waals surface area contributed by atoms with Crippen LogP contribution in [-0.4, -0.2) is 16.9 Å².